The number of rotatable bonds is 4. The van der Waals surface area contributed by atoms with Gasteiger partial charge in [0.05, 0.1) is 0 Å². The second-order valence-corrected chi connectivity index (χ2v) is 4.17. The second kappa shape index (κ2) is 5.71. The lowest BCUT2D eigenvalue weighted by atomic mass is 10.1. The van der Waals surface area contributed by atoms with Crippen LogP contribution in [-0.2, 0) is 0 Å². The molecule has 1 aliphatic rings. The first-order valence-corrected chi connectivity index (χ1v) is 5.52. The van der Waals surface area contributed by atoms with Crippen LogP contribution in [0.1, 0.15) is 13.8 Å². The number of nitrogens with zero attached hydrogens (tertiary/aromatic N) is 1. The van der Waals surface area contributed by atoms with E-state index in [1.807, 2.05) is 26.0 Å². The van der Waals surface area contributed by atoms with Gasteiger partial charge in [-0.3, -0.25) is 0 Å². The number of hydrogen-bond donors (Lipinski definition) is 2. The van der Waals surface area contributed by atoms with Crippen molar-refractivity contribution in [3.8, 4) is 0 Å². The third kappa shape index (κ3) is 3.88. The summed E-state index contributed by atoms with van der Waals surface area (Å²) in [6, 6.07) is 0. The van der Waals surface area contributed by atoms with Crippen LogP contribution in [0.25, 0.3) is 0 Å². The first-order valence-electron chi connectivity index (χ1n) is 5.52. The van der Waals surface area contributed by atoms with Crippen LogP contribution >= 0.6 is 0 Å². The second-order valence-electron chi connectivity index (χ2n) is 4.17. The van der Waals surface area contributed by atoms with E-state index in [2.05, 4.69) is 16.8 Å². The minimum absolute atomic E-state index is 0.289. The molecule has 1 aliphatic heterocycles. The molecule has 0 aromatic rings. The van der Waals surface area contributed by atoms with Crippen molar-refractivity contribution >= 4 is 5.71 Å². The van der Waals surface area contributed by atoms with E-state index in [-0.39, 0.29) is 5.92 Å². The van der Waals surface area contributed by atoms with Crippen molar-refractivity contribution in [3.05, 3.63) is 24.4 Å². The first-order chi connectivity index (χ1) is 7.11. The Morgan fingerprint density at radius 1 is 1.33 bits per heavy atom. The van der Waals surface area contributed by atoms with Gasteiger partial charge in [-0.05, 0) is 18.1 Å². The molecular formula is C12H21N3. The van der Waals surface area contributed by atoms with E-state index in [1.54, 1.807) is 0 Å². The molecule has 2 N–H and O–H groups in total. The predicted octanol–water partition coefficient (Wildman–Crippen LogP) is 1.64. The molecule has 3 heteroatoms. The average molecular weight is 207 g/mol. The highest BCUT2D eigenvalue weighted by atomic mass is 15.2. The van der Waals surface area contributed by atoms with Gasteiger partial charge in [0.1, 0.15) is 0 Å². The van der Waals surface area contributed by atoms with Gasteiger partial charge in [-0.25, -0.2) is 0 Å². The standard InChI is InChI=1S/C12H21N3/c1-10(2)12(13)5-4-11(3)15-8-6-14-7-9-15/h4-5,10,13-14H,3,6-9H2,1-2H3/b5-4-,13-12?. The Kier molecular flexibility index (Phi) is 4.56. The maximum absolute atomic E-state index is 7.69. The number of allylic oxidation sites excluding steroid dienone is 2. The molecule has 0 amide bonds. The van der Waals surface area contributed by atoms with Crippen LogP contribution in [0.4, 0.5) is 0 Å². The summed E-state index contributed by atoms with van der Waals surface area (Å²) in [5.41, 5.74) is 1.67. The summed E-state index contributed by atoms with van der Waals surface area (Å²) in [5, 5.41) is 11.0. The molecule has 0 spiro atoms. The SMILES string of the molecule is C=C(/C=C\C(=N)C(C)C)N1CCNCC1. The molecule has 84 valence electrons. The average Bonchev–Trinajstić information content (AvgIpc) is 2.26. The van der Waals surface area contributed by atoms with E-state index in [0.717, 1.165) is 31.9 Å². The Labute approximate surface area is 92.4 Å². The lowest BCUT2D eigenvalue weighted by molar-refractivity contribution is 0.308. The third-order valence-electron chi connectivity index (χ3n) is 2.60. The van der Waals surface area contributed by atoms with Gasteiger partial charge in [0, 0.05) is 37.6 Å². The van der Waals surface area contributed by atoms with Crippen molar-refractivity contribution in [2.45, 2.75) is 13.8 Å². The number of nitrogens with one attached hydrogen (secondary N) is 2. The van der Waals surface area contributed by atoms with E-state index in [4.69, 9.17) is 5.41 Å². The third-order valence-corrected chi connectivity index (χ3v) is 2.60. The largest absolute Gasteiger partial charge is 0.369 e. The van der Waals surface area contributed by atoms with Crippen LogP contribution in [-0.4, -0.2) is 36.8 Å². The van der Waals surface area contributed by atoms with Crippen LogP contribution in [0.3, 0.4) is 0 Å². The molecule has 1 fully saturated rings. The summed E-state index contributed by atoms with van der Waals surface area (Å²) >= 11 is 0. The van der Waals surface area contributed by atoms with Crippen LogP contribution in [0.15, 0.2) is 24.4 Å². The zero-order chi connectivity index (χ0) is 11.3. The predicted molar refractivity (Wildman–Crippen MR) is 65.3 cm³/mol. The summed E-state index contributed by atoms with van der Waals surface area (Å²) in [4.78, 5) is 2.25. The molecule has 0 bridgehead atoms. The molecule has 1 saturated heterocycles. The molecule has 0 aliphatic carbocycles. The van der Waals surface area contributed by atoms with E-state index in [1.165, 1.54) is 0 Å². The molecule has 0 aromatic heterocycles. The van der Waals surface area contributed by atoms with Gasteiger partial charge in [-0.15, -0.1) is 0 Å². The molecule has 3 nitrogen and oxygen atoms in total. The van der Waals surface area contributed by atoms with Crippen LogP contribution in [0.5, 0.6) is 0 Å². The zero-order valence-electron chi connectivity index (χ0n) is 9.71. The Balaban J connectivity index is 2.43. The fourth-order valence-corrected chi connectivity index (χ4v) is 1.44. The van der Waals surface area contributed by atoms with Crippen molar-refractivity contribution in [1.29, 1.82) is 5.41 Å². The molecule has 0 saturated carbocycles. The lowest BCUT2D eigenvalue weighted by Crippen LogP contribution is -2.42. The van der Waals surface area contributed by atoms with Crippen LogP contribution < -0.4 is 5.32 Å². The topological polar surface area (TPSA) is 39.1 Å². The summed E-state index contributed by atoms with van der Waals surface area (Å²) in [7, 11) is 0. The smallest absolute Gasteiger partial charge is 0.0340 e. The summed E-state index contributed by atoms with van der Waals surface area (Å²) < 4.78 is 0. The summed E-state index contributed by atoms with van der Waals surface area (Å²) in [5.74, 6) is 0.289. The lowest BCUT2D eigenvalue weighted by Gasteiger charge is -2.29. The molecule has 0 unspecified atom stereocenters. The summed E-state index contributed by atoms with van der Waals surface area (Å²) in [6.45, 7) is 12.1. The Morgan fingerprint density at radius 3 is 2.47 bits per heavy atom. The molecular weight excluding hydrogens is 186 g/mol. The highest BCUT2D eigenvalue weighted by Gasteiger charge is 2.09. The van der Waals surface area contributed by atoms with Gasteiger partial charge in [0.2, 0.25) is 0 Å². The minimum atomic E-state index is 0.289. The van der Waals surface area contributed by atoms with Gasteiger partial charge in [-0.1, -0.05) is 20.4 Å². The minimum Gasteiger partial charge on any atom is -0.369 e. The summed E-state index contributed by atoms with van der Waals surface area (Å²) in [6.07, 6.45) is 3.81. The number of piperazine rings is 1. The molecule has 1 heterocycles. The van der Waals surface area contributed by atoms with Crippen molar-refractivity contribution in [2.24, 2.45) is 5.92 Å². The fraction of sp³-hybridized carbons (Fsp3) is 0.583. The monoisotopic (exact) mass is 207 g/mol. The molecule has 0 atom stereocenters. The Morgan fingerprint density at radius 2 is 1.93 bits per heavy atom. The Bertz CT molecular complexity index is 260. The fourth-order valence-electron chi connectivity index (χ4n) is 1.44. The molecule has 1 rings (SSSR count). The maximum atomic E-state index is 7.69. The van der Waals surface area contributed by atoms with Gasteiger partial charge in [-0.2, -0.15) is 0 Å². The van der Waals surface area contributed by atoms with Gasteiger partial charge < -0.3 is 15.6 Å². The van der Waals surface area contributed by atoms with Crippen molar-refractivity contribution < 1.29 is 0 Å². The van der Waals surface area contributed by atoms with Gasteiger partial charge >= 0.3 is 0 Å². The molecule has 0 radical (unpaired) electrons. The first kappa shape index (κ1) is 12.0. The van der Waals surface area contributed by atoms with E-state index in [9.17, 15) is 0 Å². The van der Waals surface area contributed by atoms with Gasteiger partial charge in [0.15, 0.2) is 0 Å². The normalized spacial score (nSPS) is 17.4. The van der Waals surface area contributed by atoms with E-state index in [0.29, 0.717) is 5.71 Å². The number of hydrogen-bond acceptors (Lipinski definition) is 3. The molecule has 0 aromatic carbocycles. The highest BCUT2D eigenvalue weighted by molar-refractivity contribution is 5.94. The highest BCUT2D eigenvalue weighted by Crippen LogP contribution is 2.06. The van der Waals surface area contributed by atoms with Gasteiger partial charge in [0.25, 0.3) is 0 Å². The van der Waals surface area contributed by atoms with E-state index >= 15 is 0 Å². The van der Waals surface area contributed by atoms with Crippen molar-refractivity contribution in [3.63, 3.8) is 0 Å². The van der Waals surface area contributed by atoms with Crippen LogP contribution in [0, 0.1) is 11.3 Å². The van der Waals surface area contributed by atoms with Crippen molar-refractivity contribution in [1.82, 2.24) is 10.2 Å². The van der Waals surface area contributed by atoms with Crippen molar-refractivity contribution in [2.75, 3.05) is 26.2 Å². The zero-order valence-corrected chi connectivity index (χ0v) is 9.71. The molecule has 15 heavy (non-hydrogen) atoms. The van der Waals surface area contributed by atoms with Crippen LogP contribution in [0.2, 0.25) is 0 Å². The Hall–Kier alpha value is -1.09. The van der Waals surface area contributed by atoms with E-state index < -0.39 is 0 Å². The quantitative estimate of drug-likeness (QED) is 0.543. The maximum Gasteiger partial charge on any atom is 0.0340 e.